The monoisotopic (exact) mass is 643 g/mol. The van der Waals surface area contributed by atoms with Crippen LogP contribution in [0.4, 0.5) is 10.5 Å². The summed E-state index contributed by atoms with van der Waals surface area (Å²) in [7, 11) is 1.27. The minimum Gasteiger partial charge on any atom is -0.452 e. The Kier molecular flexibility index (Phi) is 11.7. The van der Waals surface area contributed by atoms with Crippen LogP contribution in [0.1, 0.15) is 29.0 Å². The fraction of sp³-hybridized carbons (Fsp3) is 0.278. The molecule has 3 N–H and O–H groups in total. The average molecular weight is 644 g/mol. The van der Waals surface area contributed by atoms with Gasteiger partial charge in [0.25, 0.3) is 5.91 Å². The minimum atomic E-state index is -1.05. The third-order valence-electron chi connectivity index (χ3n) is 7.89. The number of hydrogen-bond acceptors (Lipinski definition) is 7. The summed E-state index contributed by atoms with van der Waals surface area (Å²) in [5.74, 6) is -0.195. The smallest absolute Gasteiger partial charge is 0.420 e. The van der Waals surface area contributed by atoms with E-state index in [0.717, 1.165) is 50.4 Å². The second kappa shape index (κ2) is 16.1. The van der Waals surface area contributed by atoms with Gasteiger partial charge in [0, 0.05) is 34.7 Å². The number of carbonyl (C=O) groups is 2. The van der Waals surface area contributed by atoms with Crippen molar-refractivity contribution in [2.75, 3.05) is 30.9 Å². The lowest BCUT2D eigenvalue weighted by Gasteiger charge is -2.32. The van der Waals surface area contributed by atoms with Gasteiger partial charge in [0.2, 0.25) is 0 Å². The molecule has 1 saturated heterocycles. The maximum atomic E-state index is 14.2. The van der Waals surface area contributed by atoms with Gasteiger partial charge in [0.05, 0.1) is 31.0 Å². The molecule has 1 aliphatic rings. The molecule has 9 heteroatoms. The summed E-state index contributed by atoms with van der Waals surface area (Å²) in [4.78, 5) is 29.7. The number of hydrogen-bond donors (Lipinski definition) is 2. The molecule has 5 rings (SSSR count). The summed E-state index contributed by atoms with van der Waals surface area (Å²) in [5.41, 5.74) is 9.82. The lowest BCUT2D eigenvalue weighted by atomic mass is 9.84. The van der Waals surface area contributed by atoms with E-state index in [4.69, 9.17) is 26.8 Å². The molecule has 1 aliphatic heterocycles. The van der Waals surface area contributed by atoms with Gasteiger partial charge in [-0.3, -0.25) is 4.79 Å². The predicted octanol–water partition coefficient (Wildman–Crippen LogP) is 6.68. The van der Waals surface area contributed by atoms with Gasteiger partial charge in [0.15, 0.2) is 0 Å². The second-order valence-corrected chi connectivity index (χ2v) is 12.5. The molecule has 4 aromatic rings. The number of rotatable bonds is 11. The fourth-order valence-electron chi connectivity index (χ4n) is 5.64. The number of nitrogens with two attached hydrogens (primary N) is 1. The molecular formula is C36H38ClN3O4S. The minimum absolute atomic E-state index is 0.0206. The SMILES string of the molecule is COC(=O)N(C(=O)[C@@H](N)C(c1ccccc1)c1ccccc1)c1ccccc1CC[C@@H]1CNC[C@@H](CSc2ccc(Cl)cc2)O1. The number of aryl methyl sites for hydroxylation is 1. The summed E-state index contributed by atoms with van der Waals surface area (Å²) in [6.45, 7) is 1.50. The largest absolute Gasteiger partial charge is 0.452 e. The highest BCUT2D eigenvalue weighted by molar-refractivity contribution is 7.99. The second-order valence-electron chi connectivity index (χ2n) is 10.9. The normalized spacial score (nSPS) is 17.1. The van der Waals surface area contributed by atoms with Crippen LogP contribution in [0.25, 0.3) is 0 Å². The highest BCUT2D eigenvalue weighted by atomic mass is 35.5. The number of nitrogens with zero attached hydrogens (tertiary/aromatic N) is 1. The van der Waals surface area contributed by atoms with Crippen molar-refractivity contribution in [1.29, 1.82) is 0 Å². The van der Waals surface area contributed by atoms with Crippen molar-refractivity contribution >= 4 is 41.1 Å². The van der Waals surface area contributed by atoms with Crippen molar-refractivity contribution in [1.82, 2.24) is 5.32 Å². The van der Waals surface area contributed by atoms with Gasteiger partial charge >= 0.3 is 6.09 Å². The maximum Gasteiger partial charge on any atom is 0.420 e. The Morgan fingerprint density at radius 1 is 0.911 bits per heavy atom. The summed E-state index contributed by atoms with van der Waals surface area (Å²) in [6, 6.07) is 33.5. The van der Waals surface area contributed by atoms with E-state index in [1.54, 1.807) is 17.8 Å². The van der Waals surface area contributed by atoms with Crippen LogP contribution in [-0.4, -0.2) is 56.2 Å². The van der Waals surface area contributed by atoms with Gasteiger partial charge in [-0.2, -0.15) is 0 Å². The zero-order chi connectivity index (χ0) is 31.6. The molecule has 2 amide bonds. The van der Waals surface area contributed by atoms with Crippen LogP contribution in [0.15, 0.2) is 114 Å². The number of thioether (sulfide) groups is 1. The van der Waals surface area contributed by atoms with Crippen molar-refractivity contribution in [2.24, 2.45) is 5.73 Å². The summed E-state index contributed by atoms with van der Waals surface area (Å²) < 4.78 is 11.6. The number of halogens is 1. The van der Waals surface area contributed by atoms with Crippen molar-refractivity contribution < 1.29 is 19.1 Å². The Hall–Kier alpha value is -3.66. The van der Waals surface area contributed by atoms with Gasteiger partial charge in [-0.25, -0.2) is 9.69 Å². The highest BCUT2D eigenvalue weighted by Gasteiger charge is 2.36. The first kappa shape index (κ1) is 32.7. The van der Waals surface area contributed by atoms with Crippen molar-refractivity contribution in [2.45, 2.75) is 41.9 Å². The van der Waals surface area contributed by atoms with E-state index < -0.39 is 24.0 Å². The van der Waals surface area contributed by atoms with E-state index in [1.165, 1.54) is 7.11 Å². The lowest BCUT2D eigenvalue weighted by molar-refractivity contribution is -0.119. The van der Waals surface area contributed by atoms with Crippen LogP contribution in [0, 0.1) is 0 Å². The zero-order valence-corrected chi connectivity index (χ0v) is 26.8. The molecule has 4 aromatic carbocycles. The quantitative estimate of drug-likeness (QED) is 0.176. The molecule has 0 spiro atoms. The van der Waals surface area contributed by atoms with E-state index in [2.05, 4.69) is 5.32 Å². The van der Waals surface area contributed by atoms with Crippen LogP contribution in [0.5, 0.6) is 0 Å². The number of amides is 2. The average Bonchev–Trinajstić information content (AvgIpc) is 3.08. The zero-order valence-electron chi connectivity index (χ0n) is 25.2. The Morgan fingerprint density at radius 2 is 1.51 bits per heavy atom. The van der Waals surface area contributed by atoms with Crippen LogP contribution < -0.4 is 16.0 Å². The van der Waals surface area contributed by atoms with Crippen molar-refractivity contribution in [3.05, 3.63) is 131 Å². The summed E-state index contributed by atoms with van der Waals surface area (Å²) in [6.07, 6.45) is 0.554. The molecule has 0 aromatic heterocycles. The molecule has 234 valence electrons. The molecular weight excluding hydrogens is 606 g/mol. The Bertz CT molecular complexity index is 1500. The number of morpholine rings is 1. The van der Waals surface area contributed by atoms with Crippen LogP contribution in [-0.2, 0) is 20.7 Å². The van der Waals surface area contributed by atoms with Gasteiger partial charge in [-0.1, -0.05) is 90.5 Å². The molecule has 1 fully saturated rings. The van der Waals surface area contributed by atoms with Gasteiger partial charge < -0.3 is 20.5 Å². The molecule has 7 nitrogen and oxygen atoms in total. The van der Waals surface area contributed by atoms with E-state index >= 15 is 0 Å². The van der Waals surface area contributed by atoms with Gasteiger partial charge in [-0.15, -0.1) is 11.8 Å². The number of nitrogens with one attached hydrogen (secondary N) is 1. The first-order valence-corrected chi connectivity index (χ1v) is 16.4. The third kappa shape index (κ3) is 8.54. The molecule has 3 atom stereocenters. The topological polar surface area (TPSA) is 93.9 Å². The summed E-state index contributed by atoms with van der Waals surface area (Å²) in [5, 5.41) is 4.21. The predicted molar refractivity (Wildman–Crippen MR) is 181 cm³/mol. The standard InChI is InChI=1S/C36H38ClN3O4S/c1-43-36(42)40(35(41)34(38)33(26-11-4-2-5-12-26)27-13-6-3-7-14-27)32-15-9-8-10-25(32)16-19-29-22-39-23-30(44-29)24-45-31-20-17-28(37)18-21-31/h2-15,17-18,20-21,29-30,33-34,39H,16,19,22-24,38H2,1H3/t29-,30+,34+/m1/s1. The Morgan fingerprint density at radius 3 is 2.16 bits per heavy atom. The van der Waals surface area contributed by atoms with Crippen molar-refractivity contribution in [3.63, 3.8) is 0 Å². The van der Waals surface area contributed by atoms with Crippen LogP contribution in [0.2, 0.25) is 5.02 Å². The van der Waals surface area contributed by atoms with E-state index in [-0.39, 0.29) is 12.2 Å². The first-order chi connectivity index (χ1) is 21.9. The number of benzene rings is 4. The molecule has 1 heterocycles. The lowest BCUT2D eigenvalue weighted by Crippen LogP contribution is -2.50. The molecule has 0 aliphatic carbocycles. The first-order valence-electron chi connectivity index (χ1n) is 15.0. The molecule has 45 heavy (non-hydrogen) atoms. The number of ether oxygens (including phenoxy) is 2. The highest BCUT2D eigenvalue weighted by Crippen LogP contribution is 2.31. The van der Waals surface area contributed by atoms with Crippen LogP contribution in [0.3, 0.4) is 0 Å². The molecule has 0 unspecified atom stereocenters. The van der Waals surface area contributed by atoms with E-state index in [1.807, 2.05) is 103 Å². The molecule has 0 bridgehead atoms. The van der Waals surface area contributed by atoms with Crippen molar-refractivity contribution in [3.8, 4) is 0 Å². The Balaban J connectivity index is 1.31. The number of carbonyl (C=O) groups excluding carboxylic acids is 2. The number of imide groups is 1. The molecule has 0 saturated carbocycles. The van der Waals surface area contributed by atoms with Gasteiger partial charge in [0.1, 0.15) is 0 Å². The van der Waals surface area contributed by atoms with E-state index in [0.29, 0.717) is 18.5 Å². The maximum absolute atomic E-state index is 14.2. The number of methoxy groups -OCH3 is 1. The summed E-state index contributed by atoms with van der Waals surface area (Å²) >= 11 is 7.76. The third-order valence-corrected chi connectivity index (χ3v) is 9.28. The Labute approximate surface area is 274 Å². The van der Waals surface area contributed by atoms with Crippen LogP contribution >= 0.6 is 23.4 Å². The van der Waals surface area contributed by atoms with E-state index in [9.17, 15) is 9.59 Å². The van der Waals surface area contributed by atoms with Gasteiger partial charge in [-0.05, 0) is 59.9 Å². The fourth-order valence-corrected chi connectivity index (χ4v) is 6.67. The number of anilines is 1. The molecule has 0 radical (unpaired) electrons. The number of para-hydroxylation sites is 1.